The predicted octanol–water partition coefficient (Wildman–Crippen LogP) is 2.79. The second-order valence-corrected chi connectivity index (χ2v) is 12.0. The summed E-state index contributed by atoms with van der Waals surface area (Å²) in [5.74, 6) is 1.37. The molecule has 41 heavy (non-hydrogen) atoms. The van der Waals surface area contributed by atoms with Crippen molar-refractivity contribution in [2.24, 2.45) is 0 Å². The van der Waals surface area contributed by atoms with E-state index in [0.29, 0.717) is 25.7 Å². The molecule has 0 N–H and O–H groups in total. The van der Waals surface area contributed by atoms with Crippen LogP contribution in [-0.2, 0) is 24.1 Å². The first-order valence-corrected chi connectivity index (χ1v) is 14.8. The van der Waals surface area contributed by atoms with Gasteiger partial charge in [0.1, 0.15) is 11.6 Å². The molecule has 1 aromatic heterocycles. The van der Waals surface area contributed by atoms with Gasteiger partial charge in [-0.05, 0) is 63.6 Å². The highest BCUT2D eigenvalue weighted by molar-refractivity contribution is 5.87. The summed E-state index contributed by atoms with van der Waals surface area (Å²) in [5.41, 5.74) is 4.49. The number of rotatable bonds is 6. The zero-order chi connectivity index (χ0) is 28.7. The highest BCUT2D eigenvalue weighted by Gasteiger charge is 2.37. The third kappa shape index (κ3) is 5.23. The monoisotopic (exact) mass is 558 g/mol. The topological polar surface area (TPSA) is 82.8 Å². The molecule has 2 saturated heterocycles. The summed E-state index contributed by atoms with van der Waals surface area (Å²) in [5, 5.41) is 9.51. The van der Waals surface area contributed by atoms with Crippen LogP contribution in [0, 0.1) is 17.1 Å². The quantitative estimate of drug-likeness (QED) is 0.501. The smallest absolute Gasteiger partial charge is 0.246 e. The van der Waals surface area contributed by atoms with Gasteiger partial charge in [0.15, 0.2) is 0 Å². The number of nitrogens with zero attached hydrogens (tertiary/aromatic N) is 8. The van der Waals surface area contributed by atoms with Crippen LogP contribution < -0.4 is 14.7 Å². The fraction of sp³-hybridized carbons (Fsp3) is 0.548. The first-order valence-electron chi connectivity index (χ1n) is 14.8. The van der Waals surface area contributed by atoms with Crippen molar-refractivity contribution < 1.29 is 9.18 Å². The Morgan fingerprint density at radius 1 is 1.17 bits per heavy atom. The molecule has 10 heteroatoms. The SMILES string of the molecule is C=CC(=O)N1CCN(c2nc(N3CC(N(C)C)C3)nc3c2CCC(N2CCCc4ccc(F)cc42)C3)CC1CC#N. The Morgan fingerprint density at radius 2 is 2.00 bits per heavy atom. The van der Waals surface area contributed by atoms with E-state index in [-0.39, 0.29) is 30.2 Å². The molecule has 2 fully saturated rings. The van der Waals surface area contributed by atoms with E-state index in [2.05, 4.69) is 46.3 Å². The lowest BCUT2D eigenvalue weighted by Crippen LogP contribution is -2.58. The second-order valence-electron chi connectivity index (χ2n) is 12.0. The van der Waals surface area contributed by atoms with Crippen LogP contribution in [0.25, 0.3) is 0 Å². The summed E-state index contributed by atoms with van der Waals surface area (Å²) in [6.45, 7) is 8.06. The minimum absolute atomic E-state index is 0.133. The minimum Gasteiger partial charge on any atom is -0.368 e. The van der Waals surface area contributed by atoms with E-state index in [1.165, 1.54) is 17.2 Å². The van der Waals surface area contributed by atoms with Crippen LogP contribution in [0.3, 0.4) is 0 Å². The van der Waals surface area contributed by atoms with Gasteiger partial charge >= 0.3 is 0 Å². The molecule has 9 nitrogen and oxygen atoms in total. The Kier molecular flexibility index (Phi) is 7.56. The van der Waals surface area contributed by atoms with Crippen LogP contribution >= 0.6 is 0 Å². The van der Waals surface area contributed by atoms with Crippen LogP contribution in [-0.4, -0.2) is 97.2 Å². The van der Waals surface area contributed by atoms with Crippen LogP contribution in [0.2, 0.25) is 0 Å². The van der Waals surface area contributed by atoms with Crippen LogP contribution in [0.15, 0.2) is 30.9 Å². The van der Waals surface area contributed by atoms with E-state index in [0.717, 1.165) is 74.9 Å². The molecule has 0 spiro atoms. The van der Waals surface area contributed by atoms with E-state index in [9.17, 15) is 14.4 Å². The van der Waals surface area contributed by atoms with E-state index in [1.54, 1.807) is 17.0 Å². The average molecular weight is 559 g/mol. The first kappa shape index (κ1) is 27.5. The van der Waals surface area contributed by atoms with E-state index >= 15 is 0 Å². The van der Waals surface area contributed by atoms with Crippen molar-refractivity contribution in [2.75, 3.05) is 68.1 Å². The average Bonchev–Trinajstić information content (AvgIpc) is 2.95. The normalized spacial score (nSPS) is 22.6. The number of fused-ring (bicyclic) bond motifs is 2. The number of halogens is 1. The van der Waals surface area contributed by atoms with E-state index < -0.39 is 0 Å². The molecule has 0 bridgehead atoms. The molecule has 1 amide bonds. The zero-order valence-electron chi connectivity index (χ0n) is 24.1. The first-order chi connectivity index (χ1) is 19.9. The number of aromatic nitrogens is 2. The van der Waals surface area contributed by atoms with Crippen LogP contribution in [0.1, 0.15) is 36.1 Å². The molecule has 216 valence electrons. The number of carbonyl (C=O) groups is 1. The fourth-order valence-corrected chi connectivity index (χ4v) is 6.87. The van der Waals surface area contributed by atoms with Crippen LogP contribution in [0.4, 0.5) is 21.8 Å². The van der Waals surface area contributed by atoms with Gasteiger partial charge in [0.2, 0.25) is 11.9 Å². The van der Waals surface area contributed by atoms with Gasteiger partial charge in [0.05, 0.1) is 24.2 Å². The number of carbonyl (C=O) groups excluding carboxylic acids is 1. The van der Waals surface area contributed by atoms with Crippen molar-refractivity contribution >= 4 is 23.4 Å². The lowest BCUT2D eigenvalue weighted by atomic mass is 9.88. The van der Waals surface area contributed by atoms with Gasteiger partial charge in [-0.3, -0.25) is 4.79 Å². The minimum atomic E-state index is -0.216. The van der Waals surface area contributed by atoms with Crippen LogP contribution in [0.5, 0.6) is 0 Å². The van der Waals surface area contributed by atoms with Crippen molar-refractivity contribution in [2.45, 2.75) is 56.7 Å². The van der Waals surface area contributed by atoms with Crippen molar-refractivity contribution in [1.29, 1.82) is 5.26 Å². The number of likely N-dealkylation sites (N-methyl/N-ethyl adjacent to an activating group) is 1. The Balaban J connectivity index is 1.32. The molecule has 2 aromatic rings. The van der Waals surface area contributed by atoms with Gasteiger partial charge in [-0.2, -0.15) is 10.2 Å². The molecule has 0 saturated carbocycles. The molecule has 4 heterocycles. The summed E-state index contributed by atoms with van der Waals surface area (Å²) >= 11 is 0. The Bertz CT molecular complexity index is 1370. The summed E-state index contributed by atoms with van der Waals surface area (Å²) in [4.78, 5) is 33.7. The number of piperazine rings is 1. The number of amides is 1. The fourth-order valence-electron chi connectivity index (χ4n) is 6.87. The zero-order valence-corrected chi connectivity index (χ0v) is 24.1. The molecule has 3 aliphatic heterocycles. The summed E-state index contributed by atoms with van der Waals surface area (Å²) in [6.07, 6.45) is 6.22. The van der Waals surface area contributed by atoms with Crippen molar-refractivity contribution in [3.8, 4) is 6.07 Å². The van der Waals surface area contributed by atoms with Gasteiger partial charge in [-0.15, -0.1) is 0 Å². The molecule has 6 rings (SSSR count). The number of hydrogen-bond donors (Lipinski definition) is 0. The summed E-state index contributed by atoms with van der Waals surface area (Å²) < 4.78 is 14.3. The largest absolute Gasteiger partial charge is 0.368 e. The van der Waals surface area contributed by atoms with E-state index in [4.69, 9.17) is 9.97 Å². The maximum absolute atomic E-state index is 14.3. The van der Waals surface area contributed by atoms with Gasteiger partial charge in [0, 0.05) is 69.0 Å². The highest BCUT2D eigenvalue weighted by Crippen LogP contribution is 2.37. The molecular formula is C31H39FN8O. The highest BCUT2D eigenvalue weighted by atomic mass is 19.1. The van der Waals surface area contributed by atoms with Gasteiger partial charge in [-0.1, -0.05) is 12.6 Å². The molecule has 1 aromatic carbocycles. The number of nitriles is 1. The van der Waals surface area contributed by atoms with Crippen molar-refractivity contribution in [1.82, 2.24) is 19.8 Å². The van der Waals surface area contributed by atoms with E-state index in [1.807, 2.05) is 6.07 Å². The predicted molar refractivity (Wildman–Crippen MR) is 158 cm³/mol. The number of hydrogen-bond acceptors (Lipinski definition) is 8. The molecule has 0 radical (unpaired) electrons. The summed E-state index contributed by atoms with van der Waals surface area (Å²) in [7, 11) is 4.20. The lowest BCUT2D eigenvalue weighted by Gasteiger charge is -2.45. The number of aryl methyl sites for hydroxylation is 1. The van der Waals surface area contributed by atoms with Gasteiger partial charge < -0.3 is 24.5 Å². The molecular weight excluding hydrogens is 519 g/mol. The Hall–Kier alpha value is -3.71. The third-order valence-electron chi connectivity index (χ3n) is 9.30. The maximum Gasteiger partial charge on any atom is 0.246 e. The second kappa shape index (κ2) is 11.3. The van der Waals surface area contributed by atoms with Crippen molar-refractivity contribution in [3.63, 3.8) is 0 Å². The lowest BCUT2D eigenvalue weighted by molar-refractivity contribution is -0.128. The number of benzene rings is 1. The third-order valence-corrected chi connectivity index (χ3v) is 9.30. The molecule has 4 aliphatic rings. The molecule has 2 unspecified atom stereocenters. The standard InChI is InChI=1S/C31H39FN8O/c1-4-29(41)40-15-14-37(18-24(40)11-12-33)30-26-10-9-23(39-13-5-6-21-7-8-22(32)16-28(21)39)17-27(26)34-31(35-30)38-19-25(20-38)36(2)3/h4,7-8,16,23-25H,1,5-6,9-11,13-15,17-20H2,2-3H3. The number of anilines is 3. The maximum atomic E-state index is 14.3. The summed E-state index contributed by atoms with van der Waals surface area (Å²) in [6, 6.07) is 7.97. The Morgan fingerprint density at radius 3 is 2.76 bits per heavy atom. The van der Waals surface area contributed by atoms with Crippen molar-refractivity contribution in [3.05, 3.63) is 53.5 Å². The molecule has 2 atom stereocenters. The van der Waals surface area contributed by atoms with Gasteiger partial charge in [0.25, 0.3) is 0 Å². The molecule has 1 aliphatic carbocycles. The Labute approximate surface area is 241 Å². The van der Waals surface area contributed by atoms with Gasteiger partial charge in [-0.25, -0.2) is 9.37 Å².